The first-order chi connectivity index (χ1) is 15.7. The summed E-state index contributed by atoms with van der Waals surface area (Å²) in [5, 5.41) is 0. The van der Waals surface area contributed by atoms with E-state index in [1.54, 1.807) is 6.92 Å². The number of fused-ring (bicyclic) bond motifs is 1. The molecule has 0 saturated carbocycles. The Morgan fingerprint density at radius 1 is 0.969 bits per heavy atom. The van der Waals surface area contributed by atoms with Crippen molar-refractivity contribution in [2.24, 2.45) is 10.7 Å². The Bertz CT molecular complexity index is 1190. The third-order valence-electron chi connectivity index (χ3n) is 5.76. The van der Waals surface area contributed by atoms with E-state index in [2.05, 4.69) is 0 Å². The number of hydrogen-bond donors (Lipinski definition) is 1. The molecular formula is C26H22N2O4. The first-order valence-electron chi connectivity index (χ1n) is 10.4. The highest BCUT2D eigenvalue weighted by Gasteiger charge is 2.52. The summed E-state index contributed by atoms with van der Waals surface area (Å²) in [6.45, 7) is 2.17. The molecule has 0 aromatic heterocycles. The van der Waals surface area contributed by atoms with E-state index in [0.29, 0.717) is 22.8 Å². The molecule has 0 atom stereocenters. The van der Waals surface area contributed by atoms with Gasteiger partial charge in [0.15, 0.2) is 11.5 Å². The molecule has 2 aliphatic heterocycles. The molecule has 0 saturated heterocycles. The molecule has 3 aromatic rings. The van der Waals surface area contributed by atoms with Gasteiger partial charge in [-0.25, -0.2) is 9.79 Å². The molecular weight excluding hydrogens is 404 g/mol. The summed E-state index contributed by atoms with van der Waals surface area (Å²) >= 11 is 0. The van der Waals surface area contributed by atoms with Crippen molar-refractivity contribution in [1.82, 2.24) is 0 Å². The van der Waals surface area contributed by atoms with Gasteiger partial charge in [-0.2, -0.15) is 0 Å². The fourth-order valence-corrected chi connectivity index (χ4v) is 4.46. The number of ether oxygens (including phenoxy) is 3. The van der Waals surface area contributed by atoms with E-state index in [9.17, 15) is 4.79 Å². The van der Waals surface area contributed by atoms with Crippen LogP contribution in [0.1, 0.15) is 23.6 Å². The Balaban J connectivity index is 1.82. The quantitative estimate of drug-likeness (QED) is 0.625. The molecule has 0 aliphatic carbocycles. The second-order valence-electron chi connectivity index (χ2n) is 7.49. The molecule has 32 heavy (non-hydrogen) atoms. The predicted molar refractivity (Wildman–Crippen MR) is 121 cm³/mol. The third-order valence-corrected chi connectivity index (χ3v) is 5.76. The summed E-state index contributed by atoms with van der Waals surface area (Å²) in [5.41, 5.74) is 8.85. The molecule has 0 bridgehead atoms. The van der Waals surface area contributed by atoms with Gasteiger partial charge in [0.2, 0.25) is 6.79 Å². The minimum Gasteiger partial charge on any atom is -0.462 e. The molecule has 0 spiro atoms. The normalized spacial score (nSPS) is 16.1. The Morgan fingerprint density at radius 3 is 2.22 bits per heavy atom. The zero-order chi connectivity index (χ0) is 22.1. The lowest BCUT2D eigenvalue weighted by Gasteiger charge is -2.34. The summed E-state index contributed by atoms with van der Waals surface area (Å²) in [7, 11) is 0. The zero-order valence-corrected chi connectivity index (χ0v) is 17.6. The first-order valence-corrected chi connectivity index (χ1v) is 10.4. The average molecular weight is 426 g/mol. The molecule has 0 amide bonds. The van der Waals surface area contributed by atoms with Crippen molar-refractivity contribution >= 4 is 11.7 Å². The SMILES string of the molecule is CCOC(=O)C1=C(N)N=C(c2ccc3c(c2)OCO3)C1(c1ccccc1)c1ccccc1. The lowest BCUT2D eigenvalue weighted by Crippen LogP contribution is -2.41. The van der Waals surface area contributed by atoms with Gasteiger partial charge < -0.3 is 19.9 Å². The number of benzene rings is 3. The largest absolute Gasteiger partial charge is 0.462 e. The van der Waals surface area contributed by atoms with Crippen molar-refractivity contribution in [3.63, 3.8) is 0 Å². The molecule has 5 rings (SSSR count). The molecule has 2 aliphatic rings. The van der Waals surface area contributed by atoms with Crippen LogP contribution in [0.25, 0.3) is 0 Å². The summed E-state index contributed by atoms with van der Waals surface area (Å²) in [6, 6.07) is 25.2. The van der Waals surface area contributed by atoms with Crippen molar-refractivity contribution < 1.29 is 19.0 Å². The molecule has 0 radical (unpaired) electrons. The topological polar surface area (TPSA) is 83.1 Å². The maximum atomic E-state index is 13.3. The number of carbonyl (C=O) groups is 1. The highest BCUT2D eigenvalue weighted by Crippen LogP contribution is 2.48. The fourth-order valence-electron chi connectivity index (χ4n) is 4.46. The van der Waals surface area contributed by atoms with Crippen molar-refractivity contribution in [3.8, 4) is 11.5 Å². The van der Waals surface area contributed by atoms with Crippen LogP contribution < -0.4 is 15.2 Å². The predicted octanol–water partition coefficient (Wildman–Crippen LogP) is 3.94. The van der Waals surface area contributed by atoms with Gasteiger partial charge >= 0.3 is 5.97 Å². The minimum absolute atomic E-state index is 0.142. The lowest BCUT2D eigenvalue weighted by molar-refractivity contribution is -0.139. The standard InChI is InChI=1S/C26H22N2O4/c1-2-30-25(29)22-24(27)28-23(17-13-14-20-21(15-17)32-16-31-20)26(22,18-9-5-3-6-10-18)19-11-7-4-8-12-19/h3-15H,2,16,27H2,1H3. The van der Waals surface area contributed by atoms with Gasteiger partial charge in [-0.15, -0.1) is 0 Å². The molecule has 160 valence electrons. The number of esters is 1. The van der Waals surface area contributed by atoms with Crippen molar-refractivity contribution in [3.05, 3.63) is 107 Å². The lowest BCUT2D eigenvalue weighted by atomic mass is 9.65. The van der Waals surface area contributed by atoms with E-state index in [4.69, 9.17) is 24.9 Å². The summed E-state index contributed by atoms with van der Waals surface area (Å²) in [4.78, 5) is 18.1. The maximum absolute atomic E-state index is 13.3. The number of carbonyl (C=O) groups excluding carboxylic acids is 1. The average Bonchev–Trinajstić information content (AvgIpc) is 3.42. The Labute approximate surface area is 186 Å². The Kier molecular flexibility index (Phi) is 4.90. The van der Waals surface area contributed by atoms with Gasteiger partial charge in [0, 0.05) is 5.56 Å². The van der Waals surface area contributed by atoms with Crippen LogP contribution in [0.5, 0.6) is 11.5 Å². The fraction of sp³-hybridized carbons (Fsp3) is 0.154. The maximum Gasteiger partial charge on any atom is 0.339 e. The number of nitrogens with zero attached hydrogens (tertiary/aromatic N) is 1. The van der Waals surface area contributed by atoms with Gasteiger partial charge in [-0.05, 0) is 36.2 Å². The van der Waals surface area contributed by atoms with Crippen LogP contribution in [0.4, 0.5) is 0 Å². The van der Waals surface area contributed by atoms with Gasteiger partial charge in [0.05, 0.1) is 17.7 Å². The number of nitrogens with two attached hydrogens (primary N) is 1. The number of rotatable bonds is 5. The summed E-state index contributed by atoms with van der Waals surface area (Å²) in [6.07, 6.45) is 0. The molecule has 0 fully saturated rings. The first kappa shape index (κ1) is 19.9. The molecule has 6 nitrogen and oxygen atoms in total. The Morgan fingerprint density at radius 2 is 1.59 bits per heavy atom. The molecule has 2 N–H and O–H groups in total. The van der Waals surface area contributed by atoms with E-state index in [0.717, 1.165) is 16.7 Å². The van der Waals surface area contributed by atoms with E-state index < -0.39 is 11.4 Å². The van der Waals surface area contributed by atoms with Crippen LogP contribution in [-0.2, 0) is 14.9 Å². The van der Waals surface area contributed by atoms with Crippen molar-refractivity contribution in [2.45, 2.75) is 12.3 Å². The number of hydrogen-bond acceptors (Lipinski definition) is 6. The van der Waals surface area contributed by atoms with Crippen LogP contribution >= 0.6 is 0 Å². The monoisotopic (exact) mass is 426 g/mol. The van der Waals surface area contributed by atoms with Crippen molar-refractivity contribution in [2.75, 3.05) is 13.4 Å². The van der Waals surface area contributed by atoms with Crippen LogP contribution in [0.3, 0.4) is 0 Å². The molecule has 0 unspecified atom stereocenters. The number of aliphatic imine (C=N–C) groups is 1. The highest BCUT2D eigenvalue weighted by molar-refractivity contribution is 6.20. The summed E-state index contributed by atoms with van der Waals surface area (Å²) < 4.78 is 16.5. The molecule has 2 heterocycles. The summed E-state index contributed by atoms with van der Waals surface area (Å²) in [5.74, 6) is 0.952. The van der Waals surface area contributed by atoms with E-state index in [1.807, 2.05) is 78.9 Å². The van der Waals surface area contributed by atoms with Gasteiger partial charge in [0.25, 0.3) is 0 Å². The van der Waals surface area contributed by atoms with Crippen LogP contribution in [-0.4, -0.2) is 25.1 Å². The van der Waals surface area contributed by atoms with Gasteiger partial charge in [0.1, 0.15) is 11.4 Å². The van der Waals surface area contributed by atoms with E-state index in [-0.39, 0.29) is 19.2 Å². The molecule has 6 heteroatoms. The van der Waals surface area contributed by atoms with Crippen LogP contribution in [0.2, 0.25) is 0 Å². The Hall–Kier alpha value is -4.06. The third kappa shape index (κ3) is 2.95. The van der Waals surface area contributed by atoms with Crippen LogP contribution in [0, 0.1) is 0 Å². The second kappa shape index (κ2) is 7.89. The van der Waals surface area contributed by atoms with Gasteiger partial charge in [-0.1, -0.05) is 60.7 Å². The zero-order valence-electron chi connectivity index (χ0n) is 17.6. The van der Waals surface area contributed by atoms with E-state index in [1.165, 1.54) is 0 Å². The molecule has 3 aromatic carbocycles. The van der Waals surface area contributed by atoms with Gasteiger partial charge in [-0.3, -0.25) is 0 Å². The van der Waals surface area contributed by atoms with E-state index >= 15 is 0 Å². The van der Waals surface area contributed by atoms with Crippen molar-refractivity contribution in [1.29, 1.82) is 0 Å². The smallest absolute Gasteiger partial charge is 0.339 e. The highest BCUT2D eigenvalue weighted by atomic mass is 16.7. The van der Waals surface area contributed by atoms with Crippen LogP contribution in [0.15, 0.2) is 95.2 Å². The second-order valence-corrected chi connectivity index (χ2v) is 7.49. The minimum atomic E-state index is -1.05.